The number of hydrogen-bond acceptors (Lipinski definition) is 4. The Morgan fingerprint density at radius 1 is 1.10 bits per heavy atom. The number of benzene rings is 2. The van der Waals surface area contributed by atoms with Gasteiger partial charge in [-0.2, -0.15) is 0 Å². The minimum Gasteiger partial charge on any atom is -0.441 e. The summed E-state index contributed by atoms with van der Waals surface area (Å²) in [7, 11) is 4.06. The minimum absolute atomic E-state index is 0.00138. The summed E-state index contributed by atoms with van der Waals surface area (Å²) in [6.45, 7) is 2.72. The van der Waals surface area contributed by atoms with Crippen molar-refractivity contribution in [2.45, 2.75) is 32.2 Å². The van der Waals surface area contributed by atoms with E-state index in [0.717, 1.165) is 17.7 Å². The molecule has 0 spiro atoms. The summed E-state index contributed by atoms with van der Waals surface area (Å²) in [5, 5.41) is 3.05. The summed E-state index contributed by atoms with van der Waals surface area (Å²) in [4.78, 5) is 18.8. The summed E-state index contributed by atoms with van der Waals surface area (Å²) < 4.78 is 5.78. The molecule has 0 radical (unpaired) electrons. The van der Waals surface area contributed by atoms with Crippen LogP contribution in [0.1, 0.15) is 36.4 Å². The summed E-state index contributed by atoms with van der Waals surface area (Å²) >= 11 is 0. The Kier molecular flexibility index (Phi) is 7.19. The van der Waals surface area contributed by atoms with Crippen molar-refractivity contribution < 1.29 is 9.21 Å². The van der Waals surface area contributed by atoms with Crippen molar-refractivity contribution in [2.75, 3.05) is 20.6 Å². The highest BCUT2D eigenvalue weighted by molar-refractivity contribution is 5.76. The Labute approximate surface area is 172 Å². The molecule has 0 saturated carbocycles. The highest BCUT2D eigenvalue weighted by atomic mass is 16.4. The Bertz CT molecular complexity index is 901. The molecular weight excluding hydrogens is 362 g/mol. The van der Waals surface area contributed by atoms with Crippen LogP contribution in [0.2, 0.25) is 0 Å². The SMILES string of the molecule is CCc1ccc(C(CNC(=O)CCc2ncc(-c3ccccc3)o2)N(C)C)cc1. The van der Waals surface area contributed by atoms with Crippen LogP contribution >= 0.6 is 0 Å². The van der Waals surface area contributed by atoms with Crippen LogP contribution in [0, 0.1) is 0 Å². The molecule has 1 aromatic heterocycles. The second kappa shape index (κ2) is 10.0. The number of hydrogen-bond donors (Lipinski definition) is 1. The van der Waals surface area contributed by atoms with Gasteiger partial charge in [0.2, 0.25) is 5.91 Å². The fraction of sp³-hybridized carbons (Fsp3) is 0.333. The van der Waals surface area contributed by atoms with E-state index in [9.17, 15) is 4.79 Å². The van der Waals surface area contributed by atoms with E-state index in [2.05, 4.69) is 46.4 Å². The van der Waals surface area contributed by atoms with Crippen molar-refractivity contribution in [2.24, 2.45) is 0 Å². The van der Waals surface area contributed by atoms with Gasteiger partial charge in [-0.25, -0.2) is 4.98 Å². The van der Waals surface area contributed by atoms with E-state index in [1.165, 1.54) is 11.1 Å². The molecule has 0 aliphatic carbocycles. The van der Waals surface area contributed by atoms with Crippen molar-refractivity contribution in [1.29, 1.82) is 0 Å². The Morgan fingerprint density at radius 3 is 2.48 bits per heavy atom. The maximum atomic E-state index is 12.4. The average Bonchev–Trinajstić information content (AvgIpc) is 3.22. The summed E-state index contributed by atoms with van der Waals surface area (Å²) in [6, 6.07) is 18.6. The monoisotopic (exact) mass is 391 g/mol. The van der Waals surface area contributed by atoms with Gasteiger partial charge in [-0.3, -0.25) is 4.79 Å². The molecule has 5 nitrogen and oxygen atoms in total. The number of carbonyl (C=O) groups is 1. The van der Waals surface area contributed by atoms with Crippen molar-refractivity contribution in [3.8, 4) is 11.3 Å². The van der Waals surface area contributed by atoms with Gasteiger partial charge in [0.15, 0.2) is 11.7 Å². The van der Waals surface area contributed by atoms with E-state index in [4.69, 9.17) is 4.42 Å². The molecule has 0 saturated heterocycles. The smallest absolute Gasteiger partial charge is 0.220 e. The molecule has 1 amide bonds. The first-order valence-electron chi connectivity index (χ1n) is 10.1. The molecular formula is C24H29N3O2. The Hall–Kier alpha value is -2.92. The maximum absolute atomic E-state index is 12.4. The lowest BCUT2D eigenvalue weighted by atomic mass is 10.0. The van der Waals surface area contributed by atoms with Crippen molar-refractivity contribution in [1.82, 2.24) is 15.2 Å². The Morgan fingerprint density at radius 2 is 1.83 bits per heavy atom. The summed E-state index contributed by atoms with van der Waals surface area (Å²) in [5.74, 6) is 1.31. The Balaban J connectivity index is 1.51. The summed E-state index contributed by atoms with van der Waals surface area (Å²) in [6.07, 6.45) is 3.57. The number of rotatable bonds is 9. The van der Waals surface area contributed by atoms with Crippen molar-refractivity contribution in [3.63, 3.8) is 0 Å². The third-order valence-corrected chi connectivity index (χ3v) is 5.07. The maximum Gasteiger partial charge on any atom is 0.220 e. The quantitative estimate of drug-likeness (QED) is 0.592. The van der Waals surface area contributed by atoms with Crippen LogP contribution in [-0.4, -0.2) is 36.4 Å². The number of nitrogens with one attached hydrogen (secondary N) is 1. The zero-order valence-corrected chi connectivity index (χ0v) is 17.4. The zero-order chi connectivity index (χ0) is 20.6. The van der Waals surface area contributed by atoms with Crippen molar-refractivity contribution in [3.05, 3.63) is 77.8 Å². The van der Waals surface area contributed by atoms with Gasteiger partial charge in [-0.05, 0) is 31.6 Å². The van der Waals surface area contributed by atoms with Gasteiger partial charge in [0.05, 0.1) is 12.2 Å². The van der Waals surface area contributed by atoms with Crippen LogP contribution in [0.3, 0.4) is 0 Å². The summed E-state index contributed by atoms with van der Waals surface area (Å²) in [5.41, 5.74) is 3.50. The molecule has 2 aromatic carbocycles. The fourth-order valence-corrected chi connectivity index (χ4v) is 3.26. The number of aryl methyl sites for hydroxylation is 2. The van der Waals surface area contributed by atoms with Gasteiger partial charge in [0, 0.05) is 24.9 Å². The number of amides is 1. The van der Waals surface area contributed by atoms with Gasteiger partial charge in [-0.15, -0.1) is 0 Å². The van der Waals surface area contributed by atoms with Crippen LogP contribution in [0.5, 0.6) is 0 Å². The molecule has 1 atom stereocenters. The molecule has 3 aromatic rings. The molecule has 0 bridgehead atoms. The van der Waals surface area contributed by atoms with Gasteiger partial charge in [-0.1, -0.05) is 61.5 Å². The second-order valence-electron chi connectivity index (χ2n) is 7.36. The molecule has 0 aliphatic rings. The van der Waals surface area contributed by atoms with Crippen LogP contribution < -0.4 is 5.32 Å². The first-order valence-corrected chi connectivity index (χ1v) is 10.1. The fourth-order valence-electron chi connectivity index (χ4n) is 3.26. The van der Waals surface area contributed by atoms with E-state index in [1.54, 1.807) is 6.20 Å². The van der Waals surface area contributed by atoms with E-state index < -0.39 is 0 Å². The molecule has 1 unspecified atom stereocenters. The van der Waals surface area contributed by atoms with E-state index in [0.29, 0.717) is 25.3 Å². The van der Waals surface area contributed by atoms with E-state index in [1.807, 2.05) is 44.4 Å². The van der Waals surface area contributed by atoms with Crippen LogP contribution in [0.25, 0.3) is 11.3 Å². The molecule has 29 heavy (non-hydrogen) atoms. The van der Waals surface area contributed by atoms with Crippen LogP contribution in [0.4, 0.5) is 0 Å². The van der Waals surface area contributed by atoms with Gasteiger partial charge >= 0.3 is 0 Å². The number of nitrogens with zero attached hydrogens (tertiary/aromatic N) is 2. The number of oxazole rings is 1. The normalized spacial score (nSPS) is 12.1. The zero-order valence-electron chi connectivity index (χ0n) is 17.4. The van der Waals surface area contributed by atoms with Crippen molar-refractivity contribution >= 4 is 5.91 Å². The number of likely N-dealkylation sites (N-methyl/N-ethyl adjacent to an activating group) is 1. The first kappa shape index (κ1) is 20.8. The average molecular weight is 392 g/mol. The lowest BCUT2D eigenvalue weighted by Crippen LogP contribution is -2.34. The van der Waals surface area contributed by atoms with Gasteiger partial charge in [0.25, 0.3) is 0 Å². The van der Waals surface area contributed by atoms with E-state index >= 15 is 0 Å². The topological polar surface area (TPSA) is 58.4 Å². The van der Waals surface area contributed by atoms with Crippen LogP contribution in [0.15, 0.2) is 65.2 Å². The van der Waals surface area contributed by atoms with Gasteiger partial charge < -0.3 is 14.6 Å². The standard InChI is InChI=1S/C24H29N3O2/c1-4-18-10-12-19(13-11-18)21(27(2)3)16-25-23(28)14-15-24-26-17-22(29-24)20-8-6-5-7-9-20/h5-13,17,21H,4,14-16H2,1-3H3,(H,25,28). The first-order chi connectivity index (χ1) is 14.1. The predicted molar refractivity (Wildman–Crippen MR) is 116 cm³/mol. The highest BCUT2D eigenvalue weighted by Crippen LogP contribution is 2.21. The third kappa shape index (κ3) is 5.78. The molecule has 1 N–H and O–H groups in total. The molecule has 3 rings (SSSR count). The lowest BCUT2D eigenvalue weighted by Gasteiger charge is -2.25. The second-order valence-corrected chi connectivity index (χ2v) is 7.36. The molecule has 1 heterocycles. The van der Waals surface area contributed by atoms with Crippen LogP contribution in [-0.2, 0) is 17.6 Å². The number of aromatic nitrogens is 1. The predicted octanol–water partition coefficient (Wildman–Crippen LogP) is 4.26. The number of carbonyl (C=O) groups excluding carboxylic acids is 1. The van der Waals surface area contributed by atoms with Gasteiger partial charge in [0.1, 0.15) is 0 Å². The molecule has 0 fully saturated rings. The van der Waals surface area contributed by atoms with E-state index in [-0.39, 0.29) is 11.9 Å². The highest BCUT2D eigenvalue weighted by Gasteiger charge is 2.16. The largest absolute Gasteiger partial charge is 0.441 e. The molecule has 5 heteroatoms. The molecule has 0 aliphatic heterocycles. The minimum atomic E-state index is 0.00138. The third-order valence-electron chi connectivity index (χ3n) is 5.07. The molecule has 152 valence electrons. The lowest BCUT2D eigenvalue weighted by molar-refractivity contribution is -0.121.